The summed E-state index contributed by atoms with van der Waals surface area (Å²) >= 11 is 0. The van der Waals surface area contributed by atoms with Gasteiger partial charge in [-0.05, 0) is 18.8 Å². The molecule has 0 spiro atoms. The highest BCUT2D eigenvalue weighted by Crippen LogP contribution is 2.03. The molecule has 102 valence electrons. The lowest BCUT2D eigenvalue weighted by Gasteiger charge is -2.17. The Hall–Kier alpha value is -0.650. The van der Waals surface area contributed by atoms with Crippen LogP contribution in [0.3, 0.4) is 0 Å². The third kappa shape index (κ3) is 10.2. The van der Waals surface area contributed by atoms with Gasteiger partial charge in [0, 0.05) is 26.3 Å². The number of amides is 1. The van der Waals surface area contributed by atoms with Crippen molar-refractivity contribution < 1.29 is 14.6 Å². The zero-order valence-corrected chi connectivity index (χ0v) is 11.2. The van der Waals surface area contributed by atoms with Gasteiger partial charge in [-0.15, -0.1) is 0 Å². The van der Waals surface area contributed by atoms with Gasteiger partial charge in [0.15, 0.2) is 0 Å². The van der Waals surface area contributed by atoms with E-state index in [9.17, 15) is 4.79 Å². The van der Waals surface area contributed by atoms with Gasteiger partial charge >= 0.3 is 0 Å². The largest absolute Gasteiger partial charge is 0.395 e. The molecule has 0 heterocycles. The van der Waals surface area contributed by atoms with Gasteiger partial charge in [-0.25, -0.2) is 0 Å². The van der Waals surface area contributed by atoms with Gasteiger partial charge in [-0.1, -0.05) is 13.8 Å². The summed E-state index contributed by atoms with van der Waals surface area (Å²) in [4.78, 5) is 11.4. The van der Waals surface area contributed by atoms with Crippen LogP contribution in [0.1, 0.15) is 26.7 Å². The predicted octanol–water partition coefficient (Wildman–Crippen LogP) is 0.136. The molecule has 17 heavy (non-hydrogen) atoms. The molecule has 0 aromatic heterocycles. The first kappa shape index (κ1) is 16.4. The standard InChI is InChI=1S/C12H26N2O3/c1-10(2)7-11(9-15)14-8-12(16)13-5-4-6-17-3/h10-11,14-15H,4-9H2,1-3H3,(H,13,16). The number of aliphatic hydroxyl groups excluding tert-OH is 1. The van der Waals surface area contributed by atoms with Crippen LogP contribution in [0.5, 0.6) is 0 Å². The molecule has 0 bridgehead atoms. The number of hydrogen-bond acceptors (Lipinski definition) is 4. The second-order valence-corrected chi connectivity index (χ2v) is 4.59. The molecular weight excluding hydrogens is 220 g/mol. The predicted molar refractivity (Wildman–Crippen MR) is 67.8 cm³/mol. The number of hydrogen-bond donors (Lipinski definition) is 3. The fraction of sp³-hybridized carbons (Fsp3) is 0.917. The van der Waals surface area contributed by atoms with Crippen molar-refractivity contribution >= 4 is 5.91 Å². The van der Waals surface area contributed by atoms with Crippen molar-refractivity contribution in [2.75, 3.05) is 33.4 Å². The van der Waals surface area contributed by atoms with E-state index in [1.165, 1.54) is 0 Å². The van der Waals surface area contributed by atoms with E-state index in [0.717, 1.165) is 12.8 Å². The Kier molecular flexibility index (Phi) is 10.1. The van der Waals surface area contributed by atoms with Crippen LogP contribution in [0.25, 0.3) is 0 Å². The monoisotopic (exact) mass is 246 g/mol. The molecule has 0 saturated carbocycles. The highest BCUT2D eigenvalue weighted by atomic mass is 16.5. The number of ether oxygens (including phenoxy) is 1. The SMILES string of the molecule is COCCCNC(=O)CNC(CO)CC(C)C. The molecule has 0 saturated heterocycles. The van der Waals surface area contributed by atoms with Crippen molar-refractivity contribution in [3.8, 4) is 0 Å². The molecule has 1 atom stereocenters. The van der Waals surface area contributed by atoms with Gasteiger partial charge in [0.05, 0.1) is 13.2 Å². The molecule has 0 radical (unpaired) electrons. The molecular formula is C12H26N2O3. The topological polar surface area (TPSA) is 70.6 Å². The molecule has 5 nitrogen and oxygen atoms in total. The van der Waals surface area contributed by atoms with E-state index in [4.69, 9.17) is 9.84 Å². The van der Waals surface area contributed by atoms with Gasteiger partial charge < -0.3 is 20.5 Å². The molecule has 1 amide bonds. The molecule has 3 N–H and O–H groups in total. The average molecular weight is 246 g/mol. The number of methoxy groups -OCH3 is 1. The van der Waals surface area contributed by atoms with E-state index in [-0.39, 0.29) is 25.1 Å². The van der Waals surface area contributed by atoms with Crippen molar-refractivity contribution in [1.29, 1.82) is 0 Å². The molecule has 0 aliphatic rings. The normalized spacial score (nSPS) is 12.8. The van der Waals surface area contributed by atoms with Gasteiger partial charge in [0.1, 0.15) is 0 Å². The van der Waals surface area contributed by atoms with Crippen molar-refractivity contribution in [1.82, 2.24) is 10.6 Å². The summed E-state index contributed by atoms with van der Waals surface area (Å²) in [5.74, 6) is 0.465. The summed E-state index contributed by atoms with van der Waals surface area (Å²) in [5, 5.41) is 15.0. The minimum Gasteiger partial charge on any atom is -0.395 e. The maximum absolute atomic E-state index is 11.4. The Morgan fingerprint density at radius 2 is 2.12 bits per heavy atom. The summed E-state index contributed by atoms with van der Waals surface area (Å²) in [5.41, 5.74) is 0. The highest BCUT2D eigenvalue weighted by Gasteiger charge is 2.10. The highest BCUT2D eigenvalue weighted by molar-refractivity contribution is 5.77. The number of aliphatic hydroxyl groups is 1. The van der Waals surface area contributed by atoms with Crippen molar-refractivity contribution in [2.24, 2.45) is 5.92 Å². The Bertz CT molecular complexity index is 198. The van der Waals surface area contributed by atoms with Gasteiger partial charge in [0.25, 0.3) is 0 Å². The fourth-order valence-corrected chi connectivity index (χ4v) is 1.54. The van der Waals surface area contributed by atoms with Crippen LogP contribution >= 0.6 is 0 Å². The Morgan fingerprint density at radius 3 is 2.65 bits per heavy atom. The lowest BCUT2D eigenvalue weighted by molar-refractivity contribution is -0.120. The van der Waals surface area contributed by atoms with Gasteiger partial charge in [-0.2, -0.15) is 0 Å². The van der Waals surface area contributed by atoms with Crippen LogP contribution < -0.4 is 10.6 Å². The van der Waals surface area contributed by atoms with Crippen LogP contribution in [0.4, 0.5) is 0 Å². The zero-order valence-electron chi connectivity index (χ0n) is 11.2. The number of rotatable bonds is 10. The van der Waals surface area contributed by atoms with Crippen molar-refractivity contribution in [3.05, 3.63) is 0 Å². The molecule has 5 heteroatoms. The van der Waals surface area contributed by atoms with Gasteiger partial charge in [0.2, 0.25) is 5.91 Å². The lowest BCUT2D eigenvalue weighted by atomic mass is 10.0. The number of carbonyl (C=O) groups is 1. The van der Waals surface area contributed by atoms with E-state index in [1.807, 2.05) is 0 Å². The molecule has 0 aromatic rings. The second-order valence-electron chi connectivity index (χ2n) is 4.59. The molecule has 0 rings (SSSR count). The summed E-state index contributed by atoms with van der Waals surface area (Å²) in [6, 6.07) is -0.000254. The van der Waals surface area contributed by atoms with Gasteiger partial charge in [-0.3, -0.25) is 4.79 Å². The fourth-order valence-electron chi connectivity index (χ4n) is 1.54. The second kappa shape index (κ2) is 10.5. The summed E-state index contributed by atoms with van der Waals surface area (Å²) in [7, 11) is 1.64. The molecule has 0 aliphatic carbocycles. The van der Waals surface area contributed by atoms with Crippen LogP contribution in [0, 0.1) is 5.92 Å². The third-order valence-corrected chi connectivity index (χ3v) is 2.38. The summed E-state index contributed by atoms with van der Waals surface area (Å²) in [6.45, 7) is 5.78. The van der Waals surface area contributed by atoms with Crippen LogP contribution in [-0.4, -0.2) is 50.5 Å². The van der Waals surface area contributed by atoms with E-state index in [2.05, 4.69) is 24.5 Å². The molecule has 0 fully saturated rings. The van der Waals surface area contributed by atoms with E-state index in [0.29, 0.717) is 19.1 Å². The zero-order chi connectivity index (χ0) is 13.1. The molecule has 0 aromatic carbocycles. The molecule has 0 aliphatic heterocycles. The Labute approximate surface area is 104 Å². The lowest BCUT2D eigenvalue weighted by Crippen LogP contribution is -2.41. The number of carbonyl (C=O) groups excluding carboxylic acids is 1. The molecule has 1 unspecified atom stereocenters. The minimum absolute atomic E-state index is 0.000254. The van der Waals surface area contributed by atoms with E-state index < -0.39 is 0 Å². The van der Waals surface area contributed by atoms with Crippen molar-refractivity contribution in [2.45, 2.75) is 32.7 Å². The quantitative estimate of drug-likeness (QED) is 0.479. The first-order chi connectivity index (χ1) is 8.10. The first-order valence-electron chi connectivity index (χ1n) is 6.20. The first-order valence-corrected chi connectivity index (χ1v) is 6.20. The van der Waals surface area contributed by atoms with Crippen LogP contribution in [0.15, 0.2) is 0 Å². The smallest absolute Gasteiger partial charge is 0.233 e. The minimum atomic E-state index is -0.0386. The maximum atomic E-state index is 11.4. The van der Waals surface area contributed by atoms with E-state index in [1.54, 1.807) is 7.11 Å². The summed E-state index contributed by atoms with van der Waals surface area (Å²) in [6.07, 6.45) is 1.69. The van der Waals surface area contributed by atoms with Crippen molar-refractivity contribution in [3.63, 3.8) is 0 Å². The number of nitrogens with one attached hydrogen (secondary N) is 2. The summed E-state index contributed by atoms with van der Waals surface area (Å²) < 4.78 is 4.88. The average Bonchev–Trinajstić information content (AvgIpc) is 2.29. The van der Waals surface area contributed by atoms with E-state index >= 15 is 0 Å². The third-order valence-electron chi connectivity index (χ3n) is 2.38. The van der Waals surface area contributed by atoms with Crippen LogP contribution in [0.2, 0.25) is 0 Å². The Balaban J connectivity index is 3.59. The maximum Gasteiger partial charge on any atom is 0.233 e. The van der Waals surface area contributed by atoms with Crippen LogP contribution in [-0.2, 0) is 9.53 Å². The Morgan fingerprint density at radius 1 is 1.41 bits per heavy atom.